The van der Waals surface area contributed by atoms with Crippen molar-refractivity contribution >= 4 is 5.97 Å². The monoisotopic (exact) mass is 287 g/mol. The zero-order valence-electron chi connectivity index (χ0n) is 12.3. The third kappa shape index (κ3) is 3.53. The summed E-state index contributed by atoms with van der Waals surface area (Å²) in [4.78, 5) is 15.7. The van der Waals surface area contributed by atoms with Gasteiger partial charge in [-0.05, 0) is 37.1 Å². The molecule has 0 saturated carbocycles. The molecular formula is C15H17N3O3. The van der Waals surface area contributed by atoms with Crippen LogP contribution in [-0.2, 0) is 17.6 Å². The van der Waals surface area contributed by atoms with Crippen LogP contribution in [0.5, 0.6) is 11.8 Å². The molecule has 1 aromatic carbocycles. The van der Waals surface area contributed by atoms with Gasteiger partial charge in [0.15, 0.2) is 0 Å². The highest BCUT2D eigenvalue weighted by Gasteiger charge is 2.09. The number of carbonyl (C=O) groups excluding carboxylic acids is 1. The molecule has 21 heavy (non-hydrogen) atoms. The molecule has 2 aromatic rings. The number of aromatic nitrogens is 3. The number of esters is 1. The lowest BCUT2D eigenvalue weighted by molar-refractivity contribution is 0.0600. The molecule has 0 aliphatic rings. The average Bonchev–Trinajstić information content (AvgIpc) is 2.54. The number of nitrogens with zero attached hydrogens (tertiary/aromatic N) is 3. The molecule has 2 rings (SSSR count). The van der Waals surface area contributed by atoms with E-state index >= 15 is 0 Å². The number of hydrogen-bond acceptors (Lipinski definition) is 6. The fourth-order valence-corrected chi connectivity index (χ4v) is 1.85. The summed E-state index contributed by atoms with van der Waals surface area (Å²) < 4.78 is 10.2. The number of hydrogen-bond donors (Lipinski definition) is 0. The molecule has 6 heteroatoms. The van der Waals surface area contributed by atoms with Crippen molar-refractivity contribution in [1.29, 1.82) is 0 Å². The zero-order valence-corrected chi connectivity index (χ0v) is 12.3. The maximum atomic E-state index is 11.3. The van der Waals surface area contributed by atoms with Gasteiger partial charge in [-0.3, -0.25) is 0 Å². The van der Waals surface area contributed by atoms with E-state index in [1.165, 1.54) is 7.11 Å². The molecule has 0 atom stereocenters. The first-order chi connectivity index (χ1) is 10.2. The van der Waals surface area contributed by atoms with Gasteiger partial charge in [-0.25, -0.2) is 4.79 Å². The first kappa shape index (κ1) is 14.9. The standard InChI is InChI=1S/C15H17N3O3/c1-4-12-13(5-2)17-18-15(16-12)21-11-8-6-10(7-9-11)14(19)20-3/h6-9H,4-5H2,1-3H3. The van der Waals surface area contributed by atoms with Crippen LogP contribution in [0.1, 0.15) is 35.6 Å². The lowest BCUT2D eigenvalue weighted by Crippen LogP contribution is -2.04. The van der Waals surface area contributed by atoms with E-state index in [0.29, 0.717) is 11.3 Å². The van der Waals surface area contributed by atoms with Crippen LogP contribution in [0.4, 0.5) is 0 Å². The van der Waals surface area contributed by atoms with E-state index in [4.69, 9.17) is 4.74 Å². The minimum absolute atomic E-state index is 0.204. The fourth-order valence-electron chi connectivity index (χ4n) is 1.85. The topological polar surface area (TPSA) is 74.2 Å². The smallest absolute Gasteiger partial charge is 0.341 e. The normalized spacial score (nSPS) is 10.2. The molecule has 6 nitrogen and oxygen atoms in total. The van der Waals surface area contributed by atoms with Gasteiger partial charge in [0.25, 0.3) is 0 Å². The van der Waals surface area contributed by atoms with E-state index in [-0.39, 0.29) is 12.0 Å². The molecule has 0 aliphatic heterocycles. The van der Waals surface area contributed by atoms with Gasteiger partial charge in [0.1, 0.15) is 5.75 Å². The van der Waals surface area contributed by atoms with Crippen molar-refractivity contribution in [3.8, 4) is 11.8 Å². The molecule has 0 aliphatic carbocycles. The predicted octanol–water partition coefficient (Wildman–Crippen LogP) is 2.58. The van der Waals surface area contributed by atoms with Crippen LogP contribution in [0, 0.1) is 0 Å². The quantitative estimate of drug-likeness (QED) is 0.787. The molecule has 110 valence electrons. The second-order valence-electron chi connectivity index (χ2n) is 4.31. The molecule has 0 unspecified atom stereocenters. The maximum Gasteiger partial charge on any atom is 0.341 e. The van der Waals surface area contributed by atoms with Crippen molar-refractivity contribution in [2.45, 2.75) is 26.7 Å². The van der Waals surface area contributed by atoms with Crippen molar-refractivity contribution < 1.29 is 14.3 Å². The maximum absolute atomic E-state index is 11.3. The number of aryl methyl sites for hydroxylation is 2. The molecular weight excluding hydrogens is 270 g/mol. The highest BCUT2D eigenvalue weighted by atomic mass is 16.5. The zero-order chi connectivity index (χ0) is 15.2. The Labute approximate surface area is 123 Å². The Morgan fingerprint density at radius 3 is 2.29 bits per heavy atom. The SMILES string of the molecule is CCc1nnc(Oc2ccc(C(=O)OC)cc2)nc1CC. The van der Waals surface area contributed by atoms with Crippen molar-refractivity contribution in [3.05, 3.63) is 41.2 Å². The van der Waals surface area contributed by atoms with Gasteiger partial charge in [-0.2, -0.15) is 4.98 Å². The molecule has 1 heterocycles. The minimum Gasteiger partial charge on any atom is -0.465 e. The van der Waals surface area contributed by atoms with E-state index in [9.17, 15) is 4.79 Å². The Bertz CT molecular complexity index is 627. The van der Waals surface area contributed by atoms with Crippen LogP contribution < -0.4 is 4.74 Å². The van der Waals surface area contributed by atoms with E-state index in [1.54, 1.807) is 24.3 Å². The lowest BCUT2D eigenvalue weighted by atomic mass is 10.2. The lowest BCUT2D eigenvalue weighted by Gasteiger charge is -2.07. The van der Waals surface area contributed by atoms with Crippen LogP contribution in [0.15, 0.2) is 24.3 Å². The van der Waals surface area contributed by atoms with Crippen molar-refractivity contribution in [2.24, 2.45) is 0 Å². The summed E-state index contributed by atoms with van der Waals surface area (Å²) in [6.07, 6.45) is 1.56. The largest absolute Gasteiger partial charge is 0.465 e. The summed E-state index contributed by atoms with van der Waals surface area (Å²) in [5.41, 5.74) is 2.22. The van der Waals surface area contributed by atoms with Gasteiger partial charge in [-0.15, -0.1) is 5.10 Å². The van der Waals surface area contributed by atoms with Crippen LogP contribution in [-0.4, -0.2) is 28.3 Å². The van der Waals surface area contributed by atoms with Crippen molar-refractivity contribution in [1.82, 2.24) is 15.2 Å². The number of methoxy groups -OCH3 is 1. The third-order valence-electron chi connectivity index (χ3n) is 2.97. The van der Waals surface area contributed by atoms with Gasteiger partial charge in [0, 0.05) is 0 Å². The molecule has 0 bridgehead atoms. The van der Waals surface area contributed by atoms with Gasteiger partial charge in [0.05, 0.1) is 24.1 Å². The summed E-state index contributed by atoms with van der Waals surface area (Å²) in [7, 11) is 1.34. The van der Waals surface area contributed by atoms with E-state index < -0.39 is 0 Å². The van der Waals surface area contributed by atoms with E-state index in [1.807, 2.05) is 13.8 Å². The Hall–Kier alpha value is -2.50. The van der Waals surface area contributed by atoms with Crippen molar-refractivity contribution in [2.75, 3.05) is 7.11 Å². The Morgan fingerprint density at radius 2 is 1.71 bits per heavy atom. The second-order valence-corrected chi connectivity index (χ2v) is 4.31. The summed E-state index contributed by atoms with van der Waals surface area (Å²) in [6, 6.07) is 6.77. The number of carbonyl (C=O) groups is 1. The van der Waals surface area contributed by atoms with E-state index in [0.717, 1.165) is 24.2 Å². The van der Waals surface area contributed by atoms with Crippen LogP contribution in [0.3, 0.4) is 0 Å². The first-order valence-corrected chi connectivity index (χ1v) is 6.76. The number of rotatable bonds is 5. The number of ether oxygens (including phenoxy) is 2. The highest BCUT2D eigenvalue weighted by molar-refractivity contribution is 5.89. The predicted molar refractivity (Wildman–Crippen MR) is 76.4 cm³/mol. The molecule has 0 saturated heterocycles. The third-order valence-corrected chi connectivity index (χ3v) is 2.97. The van der Waals surface area contributed by atoms with Gasteiger partial charge >= 0.3 is 12.0 Å². The fraction of sp³-hybridized carbons (Fsp3) is 0.333. The Morgan fingerprint density at radius 1 is 1.05 bits per heavy atom. The Balaban J connectivity index is 2.16. The van der Waals surface area contributed by atoms with Crippen molar-refractivity contribution in [3.63, 3.8) is 0 Å². The van der Waals surface area contributed by atoms with Gasteiger partial charge in [0.2, 0.25) is 0 Å². The van der Waals surface area contributed by atoms with E-state index in [2.05, 4.69) is 19.9 Å². The summed E-state index contributed by atoms with van der Waals surface area (Å²) in [6.45, 7) is 4.02. The molecule has 0 amide bonds. The Kier molecular flexibility index (Phi) is 4.81. The minimum atomic E-state index is -0.389. The molecule has 0 radical (unpaired) electrons. The van der Waals surface area contributed by atoms with Gasteiger partial charge in [-0.1, -0.05) is 18.9 Å². The molecule has 0 spiro atoms. The number of benzene rings is 1. The van der Waals surface area contributed by atoms with Crippen LogP contribution >= 0.6 is 0 Å². The summed E-state index contributed by atoms with van der Waals surface area (Å²) in [5, 5.41) is 8.06. The first-order valence-electron chi connectivity index (χ1n) is 6.76. The van der Waals surface area contributed by atoms with Gasteiger partial charge < -0.3 is 9.47 Å². The summed E-state index contributed by atoms with van der Waals surface area (Å²) >= 11 is 0. The van der Waals surface area contributed by atoms with Crippen LogP contribution in [0.25, 0.3) is 0 Å². The molecule has 0 N–H and O–H groups in total. The highest BCUT2D eigenvalue weighted by Crippen LogP contribution is 2.19. The summed E-state index contributed by atoms with van der Waals surface area (Å²) in [5.74, 6) is 0.149. The molecule has 0 fully saturated rings. The molecule has 1 aromatic heterocycles. The second kappa shape index (κ2) is 6.78. The average molecular weight is 287 g/mol. The van der Waals surface area contributed by atoms with Crippen LogP contribution in [0.2, 0.25) is 0 Å².